The third-order valence-electron chi connectivity index (χ3n) is 3.92. The highest BCUT2D eigenvalue weighted by molar-refractivity contribution is 7.90. The summed E-state index contributed by atoms with van der Waals surface area (Å²) in [5, 5.41) is 3.34. The number of hydrogen-bond acceptors (Lipinski definition) is 4. The van der Waals surface area contributed by atoms with E-state index in [9.17, 15) is 8.42 Å². The molecule has 1 aromatic heterocycles. The Balaban J connectivity index is 2.20. The molecule has 0 radical (unpaired) electrons. The predicted octanol–water partition coefficient (Wildman–Crippen LogP) is 2.72. The lowest BCUT2D eigenvalue weighted by Crippen LogP contribution is -2.33. The molecule has 0 bridgehead atoms. The highest BCUT2D eigenvalue weighted by Crippen LogP contribution is 2.31. The molecule has 0 saturated heterocycles. The van der Waals surface area contributed by atoms with Gasteiger partial charge in [-0.25, -0.2) is 13.4 Å². The first-order valence-electron chi connectivity index (χ1n) is 6.79. The number of anilines is 1. The van der Waals surface area contributed by atoms with E-state index in [1.165, 1.54) is 19.1 Å². The van der Waals surface area contributed by atoms with Gasteiger partial charge in [-0.2, -0.15) is 0 Å². The van der Waals surface area contributed by atoms with Crippen molar-refractivity contribution in [3.8, 4) is 0 Å². The fourth-order valence-corrected chi connectivity index (χ4v) is 3.64. The van der Waals surface area contributed by atoms with E-state index in [1.807, 2.05) is 0 Å². The minimum absolute atomic E-state index is 0.292. The minimum Gasteiger partial charge on any atom is -0.366 e. The SMILES string of the molecule is CC1CCC(Nc2ncccc2S(C)(=O)=O)C(C)C1. The molecule has 1 saturated carbocycles. The minimum atomic E-state index is -3.24. The van der Waals surface area contributed by atoms with Crippen LogP contribution >= 0.6 is 0 Å². The first-order valence-corrected chi connectivity index (χ1v) is 8.68. The Kier molecular flexibility index (Phi) is 4.13. The van der Waals surface area contributed by atoms with Gasteiger partial charge in [-0.05, 0) is 43.2 Å². The van der Waals surface area contributed by atoms with Crippen LogP contribution in [-0.2, 0) is 9.84 Å². The van der Waals surface area contributed by atoms with Crippen LogP contribution < -0.4 is 5.32 Å². The molecule has 0 aliphatic heterocycles. The molecule has 1 aliphatic rings. The van der Waals surface area contributed by atoms with E-state index >= 15 is 0 Å². The molecule has 1 N–H and O–H groups in total. The lowest BCUT2D eigenvalue weighted by molar-refractivity contribution is 0.276. The van der Waals surface area contributed by atoms with Crippen LogP contribution in [0.3, 0.4) is 0 Å². The van der Waals surface area contributed by atoms with Gasteiger partial charge in [0.15, 0.2) is 9.84 Å². The van der Waals surface area contributed by atoms with E-state index in [4.69, 9.17) is 0 Å². The quantitative estimate of drug-likeness (QED) is 0.926. The lowest BCUT2D eigenvalue weighted by atomic mass is 9.80. The number of nitrogens with one attached hydrogen (secondary N) is 1. The van der Waals surface area contributed by atoms with Gasteiger partial charge in [0.1, 0.15) is 10.7 Å². The molecule has 3 atom stereocenters. The van der Waals surface area contributed by atoms with Crippen LogP contribution in [0.1, 0.15) is 33.1 Å². The molecule has 1 fully saturated rings. The summed E-state index contributed by atoms with van der Waals surface area (Å²) in [4.78, 5) is 4.49. The molecule has 3 unspecified atom stereocenters. The zero-order valence-electron chi connectivity index (χ0n) is 11.8. The number of nitrogens with zero attached hydrogens (tertiary/aromatic N) is 1. The number of rotatable bonds is 3. The van der Waals surface area contributed by atoms with E-state index in [1.54, 1.807) is 18.3 Å². The highest BCUT2D eigenvalue weighted by atomic mass is 32.2. The smallest absolute Gasteiger partial charge is 0.179 e. The molecular formula is C14H22N2O2S. The van der Waals surface area contributed by atoms with E-state index in [-0.39, 0.29) is 0 Å². The first-order chi connectivity index (χ1) is 8.88. The van der Waals surface area contributed by atoms with Crippen LogP contribution in [-0.4, -0.2) is 25.7 Å². The Morgan fingerprint density at radius 3 is 2.68 bits per heavy atom. The normalized spacial score (nSPS) is 28.1. The van der Waals surface area contributed by atoms with Crippen molar-refractivity contribution in [3.05, 3.63) is 18.3 Å². The third-order valence-corrected chi connectivity index (χ3v) is 5.05. The van der Waals surface area contributed by atoms with Crippen molar-refractivity contribution in [1.82, 2.24) is 4.98 Å². The third kappa shape index (κ3) is 3.47. The standard InChI is InChI=1S/C14H22N2O2S/c1-10-6-7-12(11(2)9-10)16-14-13(19(3,17)18)5-4-8-15-14/h4-5,8,10-12H,6-7,9H2,1-3H3,(H,15,16). The topological polar surface area (TPSA) is 59.1 Å². The Bertz CT molecular complexity index is 542. The summed E-state index contributed by atoms with van der Waals surface area (Å²) in [6.45, 7) is 4.49. The average molecular weight is 282 g/mol. The first kappa shape index (κ1) is 14.3. The number of hydrogen-bond donors (Lipinski definition) is 1. The zero-order chi connectivity index (χ0) is 14.0. The Labute approximate surface area is 115 Å². The van der Waals surface area contributed by atoms with Crippen molar-refractivity contribution in [2.45, 2.75) is 44.0 Å². The fourth-order valence-electron chi connectivity index (χ4n) is 2.85. The maximum atomic E-state index is 11.7. The summed E-state index contributed by atoms with van der Waals surface area (Å²) in [6.07, 6.45) is 6.29. The van der Waals surface area contributed by atoms with E-state index in [0.29, 0.717) is 22.7 Å². The van der Waals surface area contributed by atoms with Gasteiger partial charge in [0.05, 0.1) is 0 Å². The molecular weight excluding hydrogens is 260 g/mol. The van der Waals surface area contributed by atoms with E-state index < -0.39 is 9.84 Å². The molecule has 1 aromatic rings. The van der Waals surface area contributed by atoms with E-state index in [2.05, 4.69) is 24.1 Å². The van der Waals surface area contributed by atoms with Crippen molar-refractivity contribution in [2.24, 2.45) is 11.8 Å². The van der Waals surface area contributed by atoms with Crippen LogP contribution in [0.4, 0.5) is 5.82 Å². The molecule has 1 aliphatic carbocycles. The highest BCUT2D eigenvalue weighted by Gasteiger charge is 2.26. The van der Waals surface area contributed by atoms with Gasteiger partial charge >= 0.3 is 0 Å². The Morgan fingerprint density at radius 2 is 2.05 bits per heavy atom. The maximum absolute atomic E-state index is 11.7. The van der Waals surface area contributed by atoms with Gasteiger partial charge in [0, 0.05) is 18.5 Å². The molecule has 1 heterocycles. The molecule has 0 amide bonds. The van der Waals surface area contributed by atoms with Gasteiger partial charge < -0.3 is 5.32 Å². The van der Waals surface area contributed by atoms with Crippen LogP contribution in [0.25, 0.3) is 0 Å². The van der Waals surface area contributed by atoms with Gasteiger partial charge in [-0.1, -0.05) is 13.8 Å². The Morgan fingerprint density at radius 1 is 1.32 bits per heavy atom. The number of aromatic nitrogens is 1. The molecule has 2 rings (SSSR count). The molecule has 19 heavy (non-hydrogen) atoms. The molecule has 0 spiro atoms. The average Bonchev–Trinajstić information content (AvgIpc) is 2.32. The van der Waals surface area contributed by atoms with Crippen molar-refractivity contribution in [2.75, 3.05) is 11.6 Å². The summed E-state index contributed by atoms with van der Waals surface area (Å²) in [7, 11) is -3.24. The van der Waals surface area contributed by atoms with Gasteiger partial charge in [-0.3, -0.25) is 0 Å². The van der Waals surface area contributed by atoms with Crippen molar-refractivity contribution in [1.29, 1.82) is 0 Å². The summed E-state index contributed by atoms with van der Waals surface area (Å²) in [5.41, 5.74) is 0. The van der Waals surface area contributed by atoms with Crippen LogP contribution in [0.2, 0.25) is 0 Å². The van der Waals surface area contributed by atoms with E-state index in [0.717, 1.165) is 12.3 Å². The van der Waals surface area contributed by atoms with Crippen LogP contribution in [0.5, 0.6) is 0 Å². The number of sulfone groups is 1. The Hall–Kier alpha value is -1.10. The van der Waals surface area contributed by atoms with Crippen molar-refractivity contribution >= 4 is 15.7 Å². The summed E-state index contributed by atoms with van der Waals surface area (Å²) < 4.78 is 23.5. The summed E-state index contributed by atoms with van der Waals surface area (Å²) in [5.74, 6) is 1.79. The molecule has 4 nitrogen and oxygen atoms in total. The number of pyridine rings is 1. The van der Waals surface area contributed by atoms with Crippen molar-refractivity contribution < 1.29 is 8.42 Å². The van der Waals surface area contributed by atoms with Crippen molar-refractivity contribution in [3.63, 3.8) is 0 Å². The van der Waals surface area contributed by atoms with Gasteiger partial charge in [0.2, 0.25) is 0 Å². The zero-order valence-corrected chi connectivity index (χ0v) is 12.6. The van der Waals surface area contributed by atoms with Crippen LogP contribution in [0, 0.1) is 11.8 Å². The molecule has 0 aromatic carbocycles. The fraction of sp³-hybridized carbons (Fsp3) is 0.643. The second-order valence-corrected chi connectivity index (χ2v) is 7.75. The lowest BCUT2D eigenvalue weighted by Gasteiger charge is -2.33. The molecule has 5 heteroatoms. The second kappa shape index (κ2) is 5.49. The largest absolute Gasteiger partial charge is 0.366 e. The summed E-state index contributed by atoms with van der Waals surface area (Å²) >= 11 is 0. The maximum Gasteiger partial charge on any atom is 0.179 e. The monoisotopic (exact) mass is 282 g/mol. The second-order valence-electron chi connectivity index (χ2n) is 5.77. The predicted molar refractivity (Wildman–Crippen MR) is 76.9 cm³/mol. The summed E-state index contributed by atoms with van der Waals surface area (Å²) in [6, 6.07) is 3.58. The molecule has 106 valence electrons. The van der Waals surface area contributed by atoms with Gasteiger partial charge in [-0.15, -0.1) is 0 Å². The van der Waals surface area contributed by atoms with Gasteiger partial charge in [0.25, 0.3) is 0 Å². The van der Waals surface area contributed by atoms with Crippen LogP contribution in [0.15, 0.2) is 23.2 Å².